The first kappa shape index (κ1) is 24.2. The number of rotatable bonds is 7. The minimum atomic E-state index is -0.523. The molecule has 6 nitrogen and oxygen atoms in total. The predicted octanol–water partition coefficient (Wildman–Crippen LogP) is 6.57. The number of likely N-dealkylation sites (tertiary alicyclic amines) is 1. The molecule has 2 fully saturated rings. The number of hydrogen-bond acceptors (Lipinski definition) is 5. The van der Waals surface area contributed by atoms with Crippen LogP contribution >= 0.6 is 11.6 Å². The Hall–Kier alpha value is -3.10. The SMILES string of the molecule is Cc1c(Nc2ncc3cc(Cl)c(C4CCN(CCc5cc(F)cc(F)c5)CC4)cc3n2)cnn1C1CC1. The van der Waals surface area contributed by atoms with Gasteiger partial charge in [-0.15, -0.1) is 0 Å². The number of nitrogens with one attached hydrogen (secondary N) is 1. The fourth-order valence-electron chi connectivity index (χ4n) is 5.30. The van der Waals surface area contributed by atoms with Gasteiger partial charge in [-0.3, -0.25) is 4.68 Å². The van der Waals surface area contributed by atoms with E-state index in [0.29, 0.717) is 29.9 Å². The highest BCUT2D eigenvalue weighted by Crippen LogP contribution is 2.37. The number of anilines is 2. The topological polar surface area (TPSA) is 58.9 Å². The summed E-state index contributed by atoms with van der Waals surface area (Å²) in [5, 5.41) is 9.49. The zero-order valence-corrected chi connectivity index (χ0v) is 21.5. The van der Waals surface area contributed by atoms with Crippen molar-refractivity contribution in [3.63, 3.8) is 0 Å². The minimum absolute atomic E-state index is 0.338. The Labute approximate surface area is 219 Å². The molecule has 0 bridgehead atoms. The van der Waals surface area contributed by atoms with Gasteiger partial charge in [0.1, 0.15) is 11.6 Å². The van der Waals surface area contributed by atoms with E-state index in [1.807, 2.05) is 12.3 Å². The number of fused-ring (bicyclic) bond motifs is 1. The monoisotopic (exact) mass is 522 g/mol. The molecule has 1 aliphatic heterocycles. The molecule has 0 radical (unpaired) electrons. The van der Waals surface area contributed by atoms with Crippen molar-refractivity contribution in [3.8, 4) is 0 Å². The van der Waals surface area contributed by atoms with Crippen LogP contribution in [0.1, 0.15) is 54.5 Å². The molecular weight excluding hydrogens is 494 g/mol. The summed E-state index contributed by atoms with van der Waals surface area (Å²) >= 11 is 6.71. The molecule has 0 unspecified atom stereocenters. The number of halogens is 3. The van der Waals surface area contributed by atoms with Crippen LogP contribution in [-0.4, -0.2) is 44.3 Å². The quantitative estimate of drug-likeness (QED) is 0.297. The molecule has 2 aromatic carbocycles. The summed E-state index contributed by atoms with van der Waals surface area (Å²) in [5.41, 5.74) is 4.69. The van der Waals surface area contributed by atoms with Crippen LogP contribution in [0.4, 0.5) is 20.4 Å². The summed E-state index contributed by atoms with van der Waals surface area (Å²) in [5.74, 6) is -0.163. The summed E-state index contributed by atoms with van der Waals surface area (Å²) < 4.78 is 29.0. The van der Waals surface area contributed by atoms with E-state index < -0.39 is 11.6 Å². The average molecular weight is 523 g/mol. The van der Waals surface area contributed by atoms with Gasteiger partial charge in [0.15, 0.2) is 0 Å². The summed E-state index contributed by atoms with van der Waals surface area (Å²) in [6.45, 7) is 4.67. The Morgan fingerprint density at radius 2 is 1.76 bits per heavy atom. The molecule has 0 amide bonds. The molecule has 2 aliphatic rings. The van der Waals surface area contributed by atoms with Crippen LogP contribution in [0.25, 0.3) is 10.9 Å². The molecule has 0 spiro atoms. The fraction of sp³-hybridized carbons (Fsp3) is 0.393. The maximum Gasteiger partial charge on any atom is 0.227 e. The Morgan fingerprint density at radius 3 is 2.49 bits per heavy atom. The zero-order valence-electron chi connectivity index (χ0n) is 20.7. The molecule has 1 aliphatic carbocycles. The summed E-state index contributed by atoms with van der Waals surface area (Å²) in [6, 6.07) is 8.31. The maximum absolute atomic E-state index is 13.5. The number of aromatic nitrogens is 4. The van der Waals surface area contributed by atoms with Crippen LogP contribution < -0.4 is 5.32 Å². The molecule has 1 N–H and O–H groups in total. The highest BCUT2D eigenvalue weighted by molar-refractivity contribution is 6.32. The third-order valence-electron chi connectivity index (χ3n) is 7.55. The number of benzene rings is 2. The molecule has 6 rings (SSSR count). The largest absolute Gasteiger partial charge is 0.321 e. The number of nitrogens with zero attached hydrogens (tertiary/aromatic N) is 5. The van der Waals surface area contributed by atoms with Crippen molar-refractivity contribution in [2.45, 2.75) is 51.0 Å². The highest BCUT2D eigenvalue weighted by Gasteiger charge is 2.27. The van der Waals surface area contributed by atoms with Gasteiger partial charge in [0, 0.05) is 29.2 Å². The summed E-state index contributed by atoms with van der Waals surface area (Å²) in [6.07, 6.45) is 8.58. The normalized spacial score (nSPS) is 17.0. The lowest BCUT2D eigenvalue weighted by Crippen LogP contribution is -2.34. The number of hydrogen-bond donors (Lipinski definition) is 1. The van der Waals surface area contributed by atoms with Gasteiger partial charge in [0.05, 0.1) is 29.1 Å². The van der Waals surface area contributed by atoms with Crippen molar-refractivity contribution < 1.29 is 8.78 Å². The van der Waals surface area contributed by atoms with Gasteiger partial charge in [-0.25, -0.2) is 18.7 Å². The summed E-state index contributed by atoms with van der Waals surface area (Å²) in [4.78, 5) is 11.6. The Balaban J connectivity index is 1.12. The molecule has 3 heterocycles. The second kappa shape index (κ2) is 9.99. The molecule has 2 aromatic heterocycles. The van der Waals surface area contributed by atoms with Gasteiger partial charge in [-0.1, -0.05) is 11.6 Å². The maximum atomic E-state index is 13.5. The molecule has 1 saturated carbocycles. The van der Waals surface area contributed by atoms with Gasteiger partial charge < -0.3 is 10.2 Å². The van der Waals surface area contributed by atoms with E-state index in [0.717, 1.165) is 71.4 Å². The van der Waals surface area contributed by atoms with Crippen molar-refractivity contribution in [3.05, 3.63) is 76.2 Å². The fourth-order valence-corrected chi connectivity index (χ4v) is 5.63. The van der Waals surface area contributed by atoms with Gasteiger partial charge in [0.25, 0.3) is 0 Å². The van der Waals surface area contributed by atoms with E-state index in [2.05, 4.69) is 38.0 Å². The molecule has 192 valence electrons. The predicted molar refractivity (Wildman–Crippen MR) is 142 cm³/mol. The Morgan fingerprint density at radius 1 is 1.00 bits per heavy atom. The first-order valence-corrected chi connectivity index (χ1v) is 13.3. The van der Waals surface area contributed by atoms with E-state index in [-0.39, 0.29) is 0 Å². The standard InChI is InChI=1S/C28H29ClF2N6/c1-17-27(16-33-37(17)23-2-3-23)35-28-32-15-20-12-25(29)24(14-26(20)34-28)19-5-8-36(9-6-19)7-4-18-10-21(30)13-22(31)11-18/h10-16,19,23H,2-9H2,1H3,(H,32,34,35). The van der Waals surface area contributed by atoms with E-state index in [4.69, 9.17) is 16.6 Å². The van der Waals surface area contributed by atoms with Crippen LogP contribution in [0.15, 0.2) is 42.7 Å². The van der Waals surface area contributed by atoms with Gasteiger partial charge in [-0.2, -0.15) is 5.10 Å². The van der Waals surface area contributed by atoms with Crippen LogP contribution in [0.3, 0.4) is 0 Å². The van der Waals surface area contributed by atoms with Gasteiger partial charge >= 0.3 is 0 Å². The lowest BCUT2D eigenvalue weighted by molar-refractivity contribution is 0.214. The van der Waals surface area contributed by atoms with Gasteiger partial charge in [0.2, 0.25) is 5.95 Å². The lowest BCUT2D eigenvalue weighted by Gasteiger charge is -2.32. The third-order valence-corrected chi connectivity index (χ3v) is 7.88. The Kier molecular flexibility index (Phi) is 6.55. The first-order valence-electron chi connectivity index (χ1n) is 12.9. The molecule has 9 heteroatoms. The molecule has 4 aromatic rings. The van der Waals surface area contributed by atoms with E-state index in [1.165, 1.54) is 25.0 Å². The molecule has 0 atom stereocenters. The lowest BCUT2D eigenvalue weighted by atomic mass is 9.88. The van der Waals surface area contributed by atoms with Crippen molar-refractivity contribution >= 4 is 34.1 Å². The zero-order chi connectivity index (χ0) is 25.5. The van der Waals surface area contributed by atoms with Crippen LogP contribution in [-0.2, 0) is 6.42 Å². The third kappa shape index (κ3) is 5.31. The first-order chi connectivity index (χ1) is 17.9. The van der Waals surface area contributed by atoms with Crippen molar-refractivity contribution in [2.24, 2.45) is 0 Å². The van der Waals surface area contributed by atoms with Crippen LogP contribution in [0.2, 0.25) is 5.02 Å². The van der Waals surface area contributed by atoms with Crippen molar-refractivity contribution in [1.29, 1.82) is 0 Å². The minimum Gasteiger partial charge on any atom is -0.321 e. The summed E-state index contributed by atoms with van der Waals surface area (Å²) in [7, 11) is 0. The second-order valence-corrected chi connectivity index (χ2v) is 10.6. The number of piperidine rings is 1. The Bertz CT molecular complexity index is 1420. The van der Waals surface area contributed by atoms with Gasteiger partial charge in [-0.05, 0) is 93.4 Å². The molecule has 37 heavy (non-hydrogen) atoms. The van der Waals surface area contributed by atoms with E-state index in [1.54, 1.807) is 6.20 Å². The van der Waals surface area contributed by atoms with Crippen molar-refractivity contribution in [2.75, 3.05) is 25.0 Å². The van der Waals surface area contributed by atoms with E-state index in [9.17, 15) is 8.78 Å². The van der Waals surface area contributed by atoms with Crippen LogP contribution in [0.5, 0.6) is 0 Å². The molecular formula is C28H29ClF2N6. The smallest absolute Gasteiger partial charge is 0.227 e. The van der Waals surface area contributed by atoms with Crippen molar-refractivity contribution in [1.82, 2.24) is 24.6 Å². The van der Waals surface area contributed by atoms with E-state index >= 15 is 0 Å². The second-order valence-electron chi connectivity index (χ2n) is 10.2. The molecule has 1 saturated heterocycles. The average Bonchev–Trinajstić information content (AvgIpc) is 3.66. The van der Waals surface area contributed by atoms with Crippen LogP contribution in [0, 0.1) is 18.6 Å². The highest BCUT2D eigenvalue weighted by atomic mass is 35.5.